The molecule has 0 bridgehead atoms. The van der Waals surface area contributed by atoms with Gasteiger partial charge in [0.2, 0.25) is 0 Å². The number of nitrogens with zero attached hydrogens (tertiary/aromatic N) is 2. The van der Waals surface area contributed by atoms with E-state index in [1.54, 1.807) is 0 Å². The number of carbonyl (C=O) groups excluding carboxylic acids is 1. The summed E-state index contributed by atoms with van der Waals surface area (Å²) in [5, 5.41) is 0.774. The van der Waals surface area contributed by atoms with E-state index < -0.39 is 0 Å². The van der Waals surface area contributed by atoms with Gasteiger partial charge >= 0.3 is 0 Å². The largest absolute Gasteiger partial charge is 0.336 e. The molecule has 2 aromatic rings. The number of rotatable bonds is 3. The predicted molar refractivity (Wildman–Crippen MR) is 98.5 cm³/mol. The number of piperazine rings is 1. The molecule has 1 aliphatic rings. The first kappa shape index (κ1) is 17.0. The molecule has 126 valence electrons. The minimum absolute atomic E-state index is 0.139. The number of carbonyl (C=O) groups is 1. The fourth-order valence-corrected chi connectivity index (χ4v) is 3.27. The third kappa shape index (κ3) is 3.97. The van der Waals surface area contributed by atoms with Crippen molar-refractivity contribution in [2.24, 2.45) is 0 Å². The molecule has 3 rings (SSSR count). The third-order valence-electron chi connectivity index (χ3n) is 4.71. The van der Waals surface area contributed by atoms with Crippen LogP contribution in [0.15, 0.2) is 42.5 Å². The van der Waals surface area contributed by atoms with Crippen LogP contribution in [-0.4, -0.2) is 41.9 Å². The Morgan fingerprint density at radius 3 is 2.42 bits per heavy atom. The Bertz CT molecular complexity index is 736. The van der Waals surface area contributed by atoms with Crippen LogP contribution in [0, 0.1) is 13.8 Å². The highest BCUT2D eigenvalue weighted by Crippen LogP contribution is 2.16. The molecular formula is C20H23ClN2O. The number of amides is 1. The third-order valence-corrected chi connectivity index (χ3v) is 4.94. The minimum atomic E-state index is 0.139. The van der Waals surface area contributed by atoms with Crippen molar-refractivity contribution in [2.45, 2.75) is 20.4 Å². The predicted octanol–water partition coefficient (Wildman–Crippen LogP) is 3.91. The van der Waals surface area contributed by atoms with Crippen LogP contribution in [-0.2, 0) is 6.54 Å². The van der Waals surface area contributed by atoms with Crippen molar-refractivity contribution in [3.63, 3.8) is 0 Å². The Labute approximate surface area is 148 Å². The average Bonchev–Trinajstić information content (AvgIpc) is 2.57. The van der Waals surface area contributed by atoms with Crippen molar-refractivity contribution in [3.8, 4) is 0 Å². The highest BCUT2D eigenvalue weighted by molar-refractivity contribution is 6.30. The van der Waals surface area contributed by atoms with Gasteiger partial charge in [0, 0.05) is 43.3 Å². The lowest BCUT2D eigenvalue weighted by atomic mass is 10.1. The molecule has 0 N–H and O–H groups in total. The zero-order valence-electron chi connectivity index (χ0n) is 14.3. The lowest BCUT2D eigenvalue weighted by Crippen LogP contribution is -2.48. The van der Waals surface area contributed by atoms with E-state index >= 15 is 0 Å². The van der Waals surface area contributed by atoms with E-state index in [1.807, 2.05) is 41.3 Å². The van der Waals surface area contributed by atoms with Crippen LogP contribution in [0.1, 0.15) is 27.0 Å². The van der Waals surface area contributed by atoms with Gasteiger partial charge in [0.1, 0.15) is 0 Å². The summed E-state index contributed by atoms with van der Waals surface area (Å²) >= 11 is 6.05. The lowest BCUT2D eigenvalue weighted by molar-refractivity contribution is 0.0628. The van der Waals surface area contributed by atoms with Crippen molar-refractivity contribution < 1.29 is 4.79 Å². The van der Waals surface area contributed by atoms with Crippen LogP contribution in [0.3, 0.4) is 0 Å². The van der Waals surface area contributed by atoms with Crippen molar-refractivity contribution in [1.82, 2.24) is 9.80 Å². The van der Waals surface area contributed by atoms with Gasteiger partial charge in [0.15, 0.2) is 0 Å². The molecule has 0 spiro atoms. The lowest BCUT2D eigenvalue weighted by Gasteiger charge is -2.35. The molecule has 0 atom stereocenters. The summed E-state index contributed by atoms with van der Waals surface area (Å²) < 4.78 is 0. The molecule has 1 aliphatic heterocycles. The highest BCUT2D eigenvalue weighted by Gasteiger charge is 2.22. The van der Waals surface area contributed by atoms with Gasteiger partial charge < -0.3 is 4.90 Å². The van der Waals surface area contributed by atoms with E-state index in [0.29, 0.717) is 0 Å². The zero-order chi connectivity index (χ0) is 17.1. The molecule has 0 unspecified atom stereocenters. The van der Waals surface area contributed by atoms with Gasteiger partial charge in [-0.25, -0.2) is 0 Å². The summed E-state index contributed by atoms with van der Waals surface area (Å²) in [7, 11) is 0. The molecule has 24 heavy (non-hydrogen) atoms. The number of halogens is 1. The van der Waals surface area contributed by atoms with Crippen molar-refractivity contribution >= 4 is 17.5 Å². The van der Waals surface area contributed by atoms with Gasteiger partial charge in [-0.15, -0.1) is 0 Å². The Balaban J connectivity index is 1.58. The second-order valence-corrected chi connectivity index (χ2v) is 6.93. The first-order valence-electron chi connectivity index (χ1n) is 8.36. The number of hydrogen-bond donors (Lipinski definition) is 0. The Morgan fingerprint density at radius 1 is 1.00 bits per heavy atom. The van der Waals surface area contributed by atoms with Crippen LogP contribution in [0.4, 0.5) is 0 Å². The van der Waals surface area contributed by atoms with Gasteiger partial charge in [0.05, 0.1) is 0 Å². The molecule has 0 saturated carbocycles. The Morgan fingerprint density at radius 2 is 1.75 bits per heavy atom. The number of hydrogen-bond acceptors (Lipinski definition) is 2. The average molecular weight is 343 g/mol. The molecular weight excluding hydrogens is 320 g/mol. The van der Waals surface area contributed by atoms with E-state index in [-0.39, 0.29) is 5.91 Å². The first-order valence-corrected chi connectivity index (χ1v) is 8.74. The van der Waals surface area contributed by atoms with Crippen LogP contribution in [0.2, 0.25) is 5.02 Å². The second-order valence-electron chi connectivity index (χ2n) is 6.50. The van der Waals surface area contributed by atoms with E-state index in [9.17, 15) is 4.79 Å². The summed E-state index contributed by atoms with van der Waals surface area (Å²) in [6, 6.07) is 13.9. The second kappa shape index (κ2) is 7.37. The maximum atomic E-state index is 12.7. The Hall–Kier alpha value is -1.84. The molecule has 0 aliphatic carbocycles. The molecule has 4 heteroatoms. The van der Waals surface area contributed by atoms with E-state index in [0.717, 1.165) is 43.3 Å². The molecule has 1 saturated heterocycles. The summed E-state index contributed by atoms with van der Waals surface area (Å²) in [4.78, 5) is 17.0. The van der Waals surface area contributed by atoms with Gasteiger partial charge in [-0.3, -0.25) is 9.69 Å². The summed E-state index contributed by atoms with van der Waals surface area (Å²) in [5.74, 6) is 0.139. The molecule has 1 amide bonds. The van der Waals surface area contributed by atoms with Gasteiger partial charge in [-0.1, -0.05) is 29.8 Å². The van der Waals surface area contributed by atoms with Crippen LogP contribution >= 0.6 is 11.6 Å². The molecule has 3 nitrogen and oxygen atoms in total. The van der Waals surface area contributed by atoms with E-state index in [2.05, 4.69) is 24.8 Å². The van der Waals surface area contributed by atoms with E-state index in [1.165, 1.54) is 16.7 Å². The zero-order valence-corrected chi connectivity index (χ0v) is 15.0. The van der Waals surface area contributed by atoms with Crippen molar-refractivity contribution in [1.29, 1.82) is 0 Å². The fraction of sp³-hybridized carbons (Fsp3) is 0.350. The van der Waals surface area contributed by atoms with Crippen LogP contribution in [0.5, 0.6) is 0 Å². The molecule has 2 aromatic carbocycles. The highest BCUT2D eigenvalue weighted by atomic mass is 35.5. The smallest absolute Gasteiger partial charge is 0.253 e. The maximum Gasteiger partial charge on any atom is 0.253 e. The van der Waals surface area contributed by atoms with Gasteiger partial charge in [-0.05, 0) is 54.8 Å². The Kier molecular flexibility index (Phi) is 5.22. The maximum absolute atomic E-state index is 12.7. The summed E-state index contributed by atoms with van der Waals surface area (Å²) in [6.45, 7) is 8.32. The molecule has 0 aromatic heterocycles. The summed E-state index contributed by atoms with van der Waals surface area (Å²) in [5.41, 5.74) is 4.40. The molecule has 0 radical (unpaired) electrons. The number of aryl methyl sites for hydroxylation is 2. The normalized spacial score (nSPS) is 15.5. The van der Waals surface area contributed by atoms with Crippen LogP contribution in [0.25, 0.3) is 0 Å². The summed E-state index contributed by atoms with van der Waals surface area (Å²) in [6.07, 6.45) is 0. The van der Waals surface area contributed by atoms with E-state index in [4.69, 9.17) is 11.6 Å². The molecule has 1 heterocycles. The fourth-order valence-electron chi connectivity index (χ4n) is 3.06. The van der Waals surface area contributed by atoms with Crippen LogP contribution < -0.4 is 0 Å². The van der Waals surface area contributed by atoms with Crippen molar-refractivity contribution in [2.75, 3.05) is 26.2 Å². The van der Waals surface area contributed by atoms with Gasteiger partial charge in [0.25, 0.3) is 5.91 Å². The topological polar surface area (TPSA) is 23.6 Å². The SMILES string of the molecule is Cc1ccc(C(=O)N2CCN(Cc3cccc(Cl)c3)CC2)cc1C. The minimum Gasteiger partial charge on any atom is -0.336 e. The quantitative estimate of drug-likeness (QED) is 0.844. The number of benzene rings is 2. The monoisotopic (exact) mass is 342 g/mol. The van der Waals surface area contributed by atoms with Crippen molar-refractivity contribution in [3.05, 3.63) is 69.7 Å². The van der Waals surface area contributed by atoms with Gasteiger partial charge in [-0.2, -0.15) is 0 Å². The first-order chi connectivity index (χ1) is 11.5. The molecule has 1 fully saturated rings. The standard InChI is InChI=1S/C20H23ClN2O/c1-15-6-7-18(12-16(15)2)20(24)23-10-8-22(9-11-23)14-17-4-3-5-19(21)13-17/h3-7,12-13H,8-11,14H2,1-2H3.